The summed E-state index contributed by atoms with van der Waals surface area (Å²) in [5, 5.41) is 12.3. The number of hydrogen-bond donors (Lipinski definition) is 3. The number of rotatable bonds is 7. The first-order valence-corrected chi connectivity index (χ1v) is 8.06. The molecule has 0 radical (unpaired) electrons. The highest BCUT2D eigenvalue weighted by atomic mass is 16.5. The van der Waals surface area contributed by atoms with Crippen LogP contribution in [0.15, 0.2) is 48.5 Å². The van der Waals surface area contributed by atoms with E-state index in [-0.39, 0.29) is 24.3 Å². The third kappa shape index (κ3) is 5.32. The highest BCUT2D eigenvalue weighted by Gasteiger charge is 2.16. The van der Waals surface area contributed by atoms with Gasteiger partial charge in [0.05, 0.1) is 24.8 Å². The van der Waals surface area contributed by atoms with E-state index in [1.807, 2.05) is 30.3 Å². The molecule has 0 unspecified atom stereocenters. The fourth-order valence-corrected chi connectivity index (χ4v) is 2.44. The minimum Gasteiger partial charge on any atom is -0.462 e. The minimum absolute atomic E-state index is 0.201. The molecule has 0 spiro atoms. The summed E-state index contributed by atoms with van der Waals surface area (Å²) < 4.78 is 4.93. The summed E-state index contributed by atoms with van der Waals surface area (Å²) in [5.74, 6) is -0.945. The molecule has 4 N–H and O–H groups in total. The molecule has 0 aliphatic carbocycles. The van der Waals surface area contributed by atoms with E-state index >= 15 is 0 Å². The third-order valence-electron chi connectivity index (χ3n) is 3.61. The van der Waals surface area contributed by atoms with Gasteiger partial charge in [-0.3, -0.25) is 4.79 Å². The summed E-state index contributed by atoms with van der Waals surface area (Å²) in [6.07, 6.45) is 0.496. The van der Waals surface area contributed by atoms with Crippen molar-refractivity contribution in [3.8, 4) is 0 Å². The number of ether oxygens (including phenoxy) is 1. The van der Waals surface area contributed by atoms with Crippen molar-refractivity contribution < 1.29 is 19.4 Å². The SMILES string of the molecule is CCOC(=O)c1cc(N)cc(C(=O)N[C@H](CO)Cc2ccccc2)c1. The molecule has 0 bridgehead atoms. The number of nitrogen functional groups attached to an aromatic ring is 1. The summed E-state index contributed by atoms with van der Waals surface area (Å²) in [6.45, 7) is 1.74. The normalized spacial score (nSPS) is 11.6. The topological polar surface area (TPSA) is 102 Å². The molecule has 2 aromatic carbocycles. The quantitative estimate of drug-likeness (QED) is 0.526. The average molecular weight is 342 g/mol. The Hall–Kier alpha value is -2.86. The van der Waals surface area contributed by atoms with Crippen LogP contribution in [0.1, 0.15) is 33.2 Å². The van der Waals surface area contributed by atoms with Crippen LogP contribution in [0.2, 0.25) is 0 Å². The third-order valence-corrected chi connectivity index (χ3v) is 3.61. The Balaban J connectivity index is 2.12. The van der Waals surface area contributed by atoms with Crippen LogP contribution in [0, 0.1) is 0 Å². The van der Waals surface area contributed by atoms with E-state index in [9.17, 15) is 14.7 Å². The van der Waals surface area contributed by atoms with E-state index in [0.717, 1.165) is 5.56 Å². The second kappa shape index (κ2) is 8.84. The number of esters is 1. The van der Waals surface area contributed by atoms with Gasteiger partial charge in [0.15, 0.2) is 0 Å². The van der Waals surface area contributed by atoms with Crippen molar-refractivity contribution in [2.24, 2.45) is 0 Å². The molecule has 1 atom stereocenters. The smallest absolute Gasteiger partial charge is 0.338 e. The lowest BCUT2D eigenvalue weighted by Crippen LogP contribution is -2.39. The number of carbonyl (C=O) groups excluding carboxylic acids is 2. The van der Waals surface area contributed by atoms with Gasteiger partial charge < -0.3 is 20.9 Å². The van der Waals surface area contributed by atoms with Crippen LogP contribution in [0.5, 0.6) is 0 Å². The second-order valence-electron chi connectivity index (χ2n) is 5.61. The molecule has 0 saturated carbocycles. The van der Waals surface area contributed by atoms with Crippen molar-refractivity contribution >= 4 is 17.6 Å². The summed E-state index contributed by atoms with van der Waals surface area (Å²) in [4.78, 5) is 24.3. The van der Waals surface area contributed by atoms with Crippen molar-refractivity contribution in [2.45, 2.75) is 19.4 Å². The molecule has 0 aliphatic heterocycles. The molecule has 2 rings (SSSR count). The zero-order valence-electron chi connectivity index (χ0n) is 14.1. The van der Waals surface area contributed by atoms with Crippen LogP contribution in [0.3, 0.4) is 0 Å². The molecule has 0 heterocycles. The lowest BCUT2D eigenvalue weighted by atomic mass is 10.0. The first-order valence-electron chi connectivity index (χ1n) is 8.06. The summed E-state index contributed by atoms with van der Waals surface area (Å²) in [7, 11) is 0. The largest absolute Gasteiger partial charge is 0.462 e. The first-order chi connectivity index (χ1) is 12.0. The van der Waals surface area contributed by atoms with Gasteiger partial charge in [0.25, 0.3) is 5.91 Å². The number of carbonyl (C=O) groups is 2. The molecule has 1 amide bonds. The molecular formula is C19H22N2O4. The Kier molecular flexibility index (Phi) is 6.54. The predicted octanol–water partition coefficient (Wildman–Crippen LogP) is 1.78. The number of hydrogen-bond acceptors (Lipinski definition) is 5. The summed E-state index contributed by atoms with van der Waals surface area (Å²) in [6, 6.07) is 13.5. The Labute approximate surface area is 146 Å². The number of amides is 1. The van der Waals surface area contributed by atoms with Crippen LogP contribution < -0.4 is 11.1 Å². The fourth-order valence-electron chi connectivity index (χ4n) is 2.44. The highest BCUT2D eigenvalue weighted by Crippen LogP contribution is 2.14. The zero-order valence-corrected chi connectivity index (χ0v) is 14.1. The molecule has 132 valence electrons. The van der Waals surface area contributed by atoms with Crippen LogP contribution in [0.25, 0.3) is 0 Å². The van der Waals surface area contributed by atoms with Crippen molar-refractivity contribution in [1.29, 1.82) is 0 Å². The maximum atomic E-state index is 12.5. The zero-order chi connectivity index (χ0) is 18.2. The van der Waals surface area contributed by atoms with E-state index in [4.69, 9.17) is 10.5 Å². The maximum absolute atomic E-state index is 12.5. The molecule has 6 nitrogen and oxygen atoms in total. The van der Waals surface area contributed by atoms with E-state index in [1.165, 1.54) is 18.2 Å². The predicted molar refractivity (Wildman–Crippen MR) is 95.3 cm³/mol. The number of nitrogens with one attached hydrogen (secondary N) is 1. The van der Waals surface area contributed by atoms with E-state index in [1.54, 1.807) is 6.92 Å². The van der Waals surface area contributed by atoms with Crippen molar-refractivity contribution in [3.63, 3.8) is 0 Å². The molecule has 0 aliphatic rings. The van der Waals surface area contributed by atoms with E-state index < -0.39 is 17.9 Å². The summed E-state index contributed by atoms with van der Waals surface area (Å²) in [5.41, 5.74) is 7.54. The van der Waals surface area contributed by atoms with Crippen molar-refractivity contribution in [3.05, 3.63) is 65.2 Å². The van der Waals surface area contributed by atoms with Crippen molar-refractivity contribution in [2.75, 3.05) is 18.9 Å². The lowest BCUT2D eigenvalue weighted by molar-refractivity contribution is 0.0526. The van der Waals surface area contributed by atoms with Gasteiger partial charge in [-0.25, -0.2) is 4.79 Å². The van der Waals surface area contributed by atoms with Crippen LogP contribution in [-0.2, 0) is 11.2 Å². The first kappa shape index (κ1) is 18.5. The molecule has 0 fully saturated rings. The van der Waals surface area contributed by atoms with Crippen LogP contribution in [-0.4, -0.2) is 36.2 Å². The fraction of sp³-hybridized carbons (Fsp3) is 0.263. The molecule has 0 aromatic heterocycles. The Morgan fingerprint density at radius 3 is 2.48 bits per heavy atom. The number of anilines is 1. The van der Waals surface area contributed by atoms with Gasteiger partial charge in [-0.05, 0) is 37.1 Å². The molecule has 0 saturated heterocycles. The van der Waals surface area contributed by atoms with Gasteiger partial charge in [0.1, 0.15) is 0 Å². The van der Waals surface area contributed by atoms with Gasteiger partial charge in [0, 0.05) is 11.3 Å². The number of aliphatic hydroxyl groups excluding tert-OH is 1. The van der Waals surface area contributed by atoms with E-state index in [0.29, 0.717) is 12.1 Å². The number of nitrogens with two attached hydrogens (primary N) is 1. The Morgan fingerprint density at radius 2 is 1.84 bits per heavy atom. The van der Waals surface area contributed by atoms with Crippen molar-refractivity contribution in [1.82, 2.24) is 5.32 Å². The number of aliphatic hydroxyl groups is 1. The van der Waals surface area contributed by atoms with Gasteiger partial charge in [-0.15, -0.1) is 0 Å². The Morgan fingerprint density at radius 1 is 1.16 bits per heavy atom. The van der Waals surface area contributed by atoms with Gasteiger partial charge in [0.2, 0.25) is 0 Å². The van der Waals surface area contributed by atoms with Crippen LogP contribution >= 0.6 is 0 Å². The Bertz CT molecular complexity index is 731. The molecular weight excluding hydrogens is 320 g/mol. The minimum atomic E-state index is -0.535. The van der Waals surface area contributed by atoms with E-state index in [2.05, 4.69) is 5.32 Å². The van der Waals surface area contributed by atoms with Gasteiger partial charge in [-0.2, -0.15) is 0 Å². The second-order valence-corrected chi connectivity index (χ2v) is 5.61. The number of benzene rings is 2. The molecule has 2 aromatic rings. The molecule has 25 heavy (non-hydrogen) atoms. The lowest BCUT2D eigenvalue weighted by Gasteiger charge is -2.17. The summed E-state index contributed by atoms with van der Waals surface area (Å²) >= 11 is 0. The molecule has 6 heteroatoms. The van der Waals surface area contributed by atoms with Gasteiger partial charge in [-0.1, -0.05) is 30.3 Å². The average Bonchev–Trinajstić information content (AvgIpc) is 2.61. The maximum Gasteiger partial charge on any atom is 0.338 e. The monoisotopic (exact) mass is 342 g/mol. The highest BCUT2D eigenvalue weighted by molar-refractivity contribution is 5.99. The van der Waals surface area contributed by atoms with Gasteiger partial charge >= 0.3 is 5.97 Å². The standard InChI is InChI=1S/C19H22N2O4/c1-2-25-19(24)15-9-14(10-16(20)11-15)18(23)21-17(12-22)8-13-6-4-3-5-7-13/h3-7,9-11,17,22H,2,8,12,20H2,1H3,(H,21,23)/t17-/m0/s1. The van der Waals surface area contributed by atoms with Crippen LogP contribution in [0.4, 0.5) is 5.69 Å².